The predicted octanol–water partition coefficient (Wildman–Crippen LogP) is 2.60. The highest BCUT2D eigenvalue weighted by Gasteiger charge is 2.21. The van der Waals surface area contributed by atoms with Crippen molar-refractivity contribution in [2.24, 2.45) is 0 Å². The van der Waals surface area contributed by atoms with Crippen LogP contribution in [0.15, 0.2) is 47.1 Å². The first-order valence-corrected chi connectivity index (χ1v) is 8.24. The van der Waals surface area contributed by atoms with Crippen molar-refractivity contribution < 1.29 is 9.21 Å². The minimum atomic E-state index is -0.162. The third-order valence-electron chi connectivity index (χ3n) is 3.88. The van der Waals surface area contributed by atoms with Gasteiger partial charge in [0.2, 0.25) is 5.91 Å². The number of furan rings is 1. The second kappa shape index (κ2) is 7.66. The fourth-order valence-corrected chi connectivity index (χ4v) is 2.60. The van der Waals surface area contributed by atoms with Crippen molar-refractivity contribution in [2.45, 2.75) is 32.9 Å². The summed E-state index contributed by atoms with van der Waals surface area (Å²) in [6, 6.07) is 10.9. The van der Waals surface area contributed by atoms with E-state index in [-0.39, 0.29) is 18.4 Å². The first-order valence-electron chi connectivity index (χ1n) is 8.24. The van der Waals surface area contributed by atoms with E-state index in [0.717, 1.165) is 0 Å². The van der Waals surface area contributed by atoms with E-state index >= 15 is 0 Å². The molecule has 3 rings (SSSR count). The number of nitrogens with zero attached hydrogens (tertiary/aromatic N) is 5. The summed E-state index contributed by atoms with van der Waals surface area (Å²) in [5.74, 6) is 3.87. The zero-order chi connectivity index (χ0) is 18.5. The number of amides is 1. The topological polar surface area (TPSA) is 77.0 Å². The van der Waals surface area contributed by atoms with Crippen LogP contribution in [0.1, 0.15) is 36.9 Å². The number of rotatable bonds is 6. The van der Waals surface area contributed by atoms with Crippen molar-refractivity contribution in [3.8, 4) is 12.3 Å². The van der Waals surface area contributed by atoms with Crippen LogP contribution in [-0.4, -0.2) is 26.1 Å². The van der Waals surface area contributed by atoms with Crippen LogP contribution in [0.2, 0.25) is 0 Å². The summed E-state index contributed by atoms with van der Waals surface area (Å²) in [5.41, 5.74) is 1.39. The van der Waals surface area contributed by atoms with E-state index in [1.165, 1.54) is 4.68 Å². The maximum absolute atomic E-state index is 13.0. The van der Waals surface area contributed by atoms with Crippen molar-refractivity contribution >= 4 is 11.6 Å². The van der Waals surface area contributed by atoms with E-state index in [0.29, 0.717) is 29.4 Å². The van der Waals surface area contributed by atoms with Gasteiger partial charge in [-0.1, -0.05) is 25.8 Å². The molecule has 2 heterocycles. The molecule has 0 radical (unpaired) electrons. The van der Waals surface area contributed by atoms with E-state index < -0.39 is 0 Å². The lowest BCUT2D eigenvalue weighted by Gasteiger charge is -2.22. The number of benzene rings is 1. The third kappa shape index (κ3) is 3.81. The van der Waals surface area contributed by atoms with Gasteiger partial charge >= 0.3 is 0 Å². The molecule has 1 aromatic carbocycles. The lowest BCUT2D eigenvalue weighted by atomic mass is 10.2. The van der Waals surface area contributed by atoms with E-state index in [4.69, 9.17) is 10.8 Å². The van der Waals surface area contributed by atoms with Gasteiger partial charge in [-0.25, -0.2) is 4.68 Å². The van der Waals surface area contributed by atoms with Crippen LogP contribution in [0.5, 0.6) is 0 Å². The zero-order valence-corrected chi connectivity index (χ0v) is 14.7. The molecule has 0 unspecified atom stereocenters. The van der Waals surface area contributed by atoms with Gasteiger partial charge < -0.3 is 9.32 Å². The van der Waals surface area contributed by atoms with Crippen LogP contribution < -0.4 is 4.90 Å². The maximum atomic E-state index is 13.0. The molecule has 0 bridgehead atoms. The van der Waals surface area contributed by atoms with E-state index in [1.54, 1.807) is 23.3 Å². The molecule has 132 valence electrons. The first-order chi connectivity index (χ1) is 12.6. The second-order valence-corrected chi connectivity index (χ2v) is 6.10. The third-order valence-corrected chi connectivity index (χ3v) is 3.88. The van der Waals surface area contributed by atoms with Crippen molar-refractivity contribution in [1.29, 1.82) is 0 Å². The summed E-state index contributed by atoms with van der Waals surface area (Å²) in [5, 5.41) is 11.6. The molecule has 0 aliphatic heterocycles. The average Bonchev–Trinajstić information content (AvgIpc) is 3.31. The molecule has 7 nitrogen and oxygen atoms in total. The van der Waals surface area contributed by atoms with Crippen LogP contribution >= 0.6 is 0 Å². The van der Waals surface area contributed by atoms with Gasteiger partial charge in [0, 0.05) is 17.2 Å². The SMILES string of the molecule is C#Cc1cccc(N(Cc2ccco2)C(=O)Cn2nnnc2C(C)C)c1. The Labute approximate surface area is 151 Å². The monoisotopic (exact) mass is 349 g/mol. The zero-order valence-electron chi connectivity index (χ0n) is 14.7. The Morgan fingerprint density at radius 1 is 1.35 bits per heavy atom. The fraction of sp³-hybridized carbons (Fsp3) is 0.263. The summed E-state index contributed by atoms with van der Waals surface area (Å²) in [6.45, 7) is 4.27. The Morgan fingerprint density at radius 2 is 2.19 bits per heavy atom. The van der Waals surface area contributed by atoms with Crippen molar-refractivity contribution in [3.63, 3.8) is 0 Å². The Bertz CT molecular complexity index is 922. The predicted molar refractivity (Wildman–Crippen MR) is 96.2 cm³/mol. The lowest BCUT2D eigenvalue weighted by Crippen LogP contribution is -2.34. The van der Waals surface area contributed by atoms with Crippen LogP contribution in [0.25, 0.3) is 0 Å². The number of carbonyl (C=O) groups is 1. The quantitative estimate of drug-likeness (QED) is 0.639. The number of carbonyl (C=O) groups excluding carboxylic acids is 1. The number of hydrogen-bond acceptors (Lipinski definition) is 5. The van der Waals surface area contributed by atoms with Crippen LogP contribution in [0.4, 0.5) is 5.69 Å². The Hall–Kier alpha value is -3.40. The lowest BCUT2D eigenvalue weighted by molar-refractivity contribution is -0.119. The van der Waals surface area contributed by atoms with Crippen molar-refractivity contribution in [2.75, 3.05) is 4.90 Å². The molecule has 0 fully saturated rings. The number of aromatic nitrogens is 4. The van der Waals surface area contributed by atoms with Gasteiger partial charge in [0.05, 0.1) is 12.8 Å². The molecule has 3 aromatic rings. The van der Waals surface area contributed by atoms with Crippen LogP contribution in [-0.2, 0) is 17.9 Å². The molecule has 0 N–H and O–H groups in total. The summed E-state index contributed by atoms with van der Waals surface area (Å²) >= 11 is 0. The molecule has 0 atom stereocenters. The highest BCUT2D eigenvalue weighted by molar-refractivity contribution is 5.93. The summed E-state index contributed by atoms with van der Waals surface area (Å²) in [4.78, 5) is 14.6. The number of anilines is 1. The van der Waals surface area contributed by atoms with Gasteiger partial charge in [-0.2, -0.15) is 0 Å². The van der Waals surface area contributed by atoms with E-state index in [1.807, 2.05) is 38.1 Å². The van der Waals surface area contributed by atoms with Gasteiger partial charge in [0.25, 0.3) is 0 Å². The summed E-state index contributed by atoms with van der Waals surface area (Å²) < 4.78 is 6.93. The van der Waals surface area contributed by atoms with Gasteiger partial charge in [-0.15, -0.1) is 11.5 Å². The second-order valence-electron chi connectivity index (χ2n) is 6.10. The summed E-state index contributed by atoms with van der Waals surface area (Å²) in [6.07, 6.45) is 7.07. The smallest absolute Gasteiger partial charge is 0.249 e. The number of tetrazole rings is 1. The van der Waals surface area contributed by atoms with Gasteiger partial charge in [-0.05, 0) is 40.8 Å². The molecule has 0 aliphatic rings. The van der Waals surface area contributed by atoms with Crippen molar-refractivity contribution in [1.82, 2.24) is 20.2 Å². The normalized spacial score (nSPS) is 10.7. The Kier molecular flexibility index (Phi) is 5.13. The molecule has 1 amide bonds. The minimum Gasteiger partial charge on any atom is -0.467 e. The maximum Gasteiger partial charge on any atom is 0.249 e. The molecular weight excluding hydrogens is 330 g/mol. The van der Waals surface area contributed by atoms with Gasteiger partial charge in [0.15, 0.2) is 5.82 Å². The van der Waals surface area contributed by atoms with Crippen LogP contribution in [0, 0.1) is 12.3 Å². The Balaban J connectivity index is 1.90. The molecule has 7 heteroatoms. The number of hydrogen-bond donors (Lipinski definition) is 0. The van der Waals surface area contributed by atoms with E-state index in [9.17, 15) is 4.79 Å². The Morgan fingerprint density at radius 3 is 2.88 bits per heavy atom. The molecular formula is C19H19N5O2. The number of terminal acetylenes is 1. The fourth-order valence-electron chi connectivity index (χ4n) is 2.60. The minimum absolute atomic E-state index is 0.0293. The molecule has 0 spiro atoms. The van der Waals surface area contributed by atoms with Crippen LogP contribution in [0.3, 0.4) is 0 Å². The van der Waals surface area contributed by atoms with Gasteiger partial charge in [-0.3, -0.25) is 4.79 Å². The van der Waals surface area contributed by atoms with Crippen molar-refractivity contribution in [3.05, 3.63) is 59.8 Å². The highest BCUT2D eigenvalue weighted by atomic mass is 16.3. The molecule has 26 heavy (non-hydrogen) atoms. The van der Waals surface area contributed by atoms with E-state index in [2.05, 4.69) is 21.4 Å². The highest BCUT2D eigenvalue weighted by Crippen LogP contribution is 2.20. The molecule has 0 saturated carbocycles. The largest absolute Gasteiger partial charge is 0.467 e. The summed E-state index contributed by atoms with van der Waals surface area (Å²) in [7, 11) is 0. The first kappa shape index (κ1) is 17.4. The van der Waals surface area contributed by atoms with Gasteiger partial charge in [0.1, 0.15) is 12.3 Å². The molecule has 0 saturated heterocycles. The molecule has 0 aliphatic carbocycles. The standard InChI is InChI=1S/C19H19N5O2/c1-4-15-7-5-8-16(11-15)23(12-17-9-6-10-26-17)18(25)13-24-19(14(2)3)20-21-22-24/h1,5-11,14H,12-13H2,2-3H3. The average molecular weight is 349 g/mol. The molecule has 2 aromatic heterocycles.